The molecule has 2 aromatic carbocycles. The Balaban J connectivity index is 1.57. The summed E-state index contributed by atoms with van der Waals surface area (Å²) in [5.41, 5.74) is 6.66. The molecule has 0 aliphatic heterocycles. The van der Waals surface area contributed by atoms with Crippen LogP contribution in [0.2, 0.25) is 0 Å². The molecule has 1 aromatic heterocycles. The van der Waals surface area contributed by atoms with Crippen molar-refractivity contribution in [3.8, 4) is 5.69 Å². The van der Waals surface area contributed by atoms with Crippen molar-refractivity contribution in [1.29, 1.82) is 0 Å². The van der Waals surface area contributed by atoms with Gasteiger partial charge in [0, 0.05) is 18.3 Å². The van der Waals surface area contributed by atoms with E-state index in [1.807, 2.05) is 30.3 Å². The van der Waals surface area contributed by atoms with Gasteiger partial charge in [-0.2, -0.15) is 5.10 Å². The first-order chi connectivity index (χ1) is 14.3. The van der Waals surface area contributed by atoms with Gasteiger partial charge in [0.15, 0.2) is 0 Å². The van der Waals surface area contributed by atoms with Gasteiger partial charge in [0.25, 0.3) is 11.8 Å². The molecule has 3 amide bonds. The molecule has 0 radical (unpaired) electrons. The van der Waals surface area contributed by atoms with Gasteiger partial charge in [-0.25, -0.2) is 4.68 Å². The Morgan fingerprint density at radius 3 is 2.27 bits per heavy atom. The van der Waals surface area contributed by atoms with Crippen molar-refractivity contribution < 1.29 is 14.4 Å². The number of carbonyl (C=O) groups excluding carboxylic acids is 3. The number of aromatic nitrogens is 2. The fourth-order valence-electron chi connectivity index (χ4n) is 2.64. The number of amides is 3. The second-order valence-corrected chi connectivity index (χ2v) is 7.33. The minimum Gasteiger partial charge on any atom is -0.368 e. The monoisotopic (exact) mass is 405 g/mol. The number of benzene rings is 2. The minimum atomic E-state index is -1.14. The molecule has 3 aromatic rings. The Morgan fingerprint density at radius 1 is 0.967 bits per heavy atom. The van der Waals surface area contributed by atoms with E-state index in [-0.39, 0.29) is 5.91 Å². The molecule has 154 valence electrons. The molecule has 8 nitrogen and oxygen atoms in total. The van der Waals surface area contributed by atoms with Crippen LogP contribution in [0.25, 0.3) is 5.69 Å². The van der Waals surface area contributed by atoms with Gasteiger partial charge < -0.3 is 16.4 Å². The third-order valence-corrected chi connectivity index (χ3v) is 4.58. The lowest BCUT2D eigenvalue weighted by atomic mass is 10.0. The van der Waals surface area contributed by atoms with Gasteiger partial charge in [-0.1, -0.05) is 30.3 Å². The number of hydrogen-bond acceptors (Lipinski definition) is 4. The summed E-state index contributed by atoms with van der Waals surface area (Å²) in [6, 6.07) is 16.2. The van der Waals surface area contributed by atoms with Crippen LogP contribution in [0, 0.1) is 0 Å². The third kappa shape index (κ3) is 4.91. The van der Waals surface area contributed by atoms with Gasteiger partial charge in [-0.15, -0.1) is 0 Å². The predicted molar refractivity (Wildman–Crippen MR) is 112 cm³/mol. The van der Waals surface area contributed by atoms with Crippen molar-refractivity contribution in [2.45, 2.75) is 25.9 Å². The van der Waals surface area contributed by atoms with Crippen LogP contribution < -0.4 is 16.4 Å². The molecule has 8 heteroatoms. The number of primary amides is 1. The van der Waals surface area contributed by atoms with E-state index in [1.54, 1.807) is 35.1 Å². The van der Waals surface area contributed by atoms with Gasteiger partial charge in [-0.05, 0) is 43.7 Å². The van der Waals surface area contributed by atoms with E-state index in [1.165, 1.54) is 20.0 Å². The molecule has 1 heterocycles. The number of nitrogens with zero attached hydrogens (tertiary/aromatic N) is 2. The average molecular weight is 405 g/mol. The van der Waals surface area contributed by atoms with E-state index < -0.39 is 17.4 Å². The number of nitrogens with one attached hydrogen (secondary N) is 2. The highest BCUT2D eigenvalue weighted by atomic mass is 16.2. The number of rotatable bonds is 7. The highest BCUT2D eigenvalue weighted by Gasteiger charge is 2.27. The fourth-order valence-corrected chi connectivity index (χ4v) is 2.64. The number of para-hydroxylation sites is 1. The van der Waals surface area contributed by atoms with Crippen molar-refractivity contribution in [3.63, 3.8) is 0 Å². The Bertz CT molecular complexity index is 1060. The molecule has 0 aliphatic rings. The van der Waals surface area contributed by atoms with E-state index in [2.05, 4.69) is 15.7 Å². The van der Waals surface area contributed by atoms with Crippen LogP contribution >= 0.6 is 0 Å². The Morgan fingerprint density at radius 2 is 1.63 bits per heavy atom. The minimum absolute atomic E-state index is 0.248. The molecule has 0 saturated carbocycles. The highest BCUT2D eigenvalue weighted by molar-refractivity contribution is 5.98. The molecule has 0 atom stereocenters. The van der Waals surface area contributed by atoms with Crippen LogP contribution in [0.3, 0.4) is 0 Å². The molecular weight excluding hydrogens is 382 g/mol. The molecule has 4 N–H and O–H groups in total. The van der Waals surface area contributed by atoms with Crippen molar-refractivity contribution in [2.24, 2.45) is 5.73 Å². The number of carbonyl (C=O) groups is 3. The summed E-state index contributed by atoms with van der Waals surface area (Å²) >= 11 is 0. The number of nitrogens with two attached hydrogens (primary N) is 1. The lowest BCUT2D eigenvalue weighted by Gasteiger charge is -2.22. The smallest absolute Gasteiger partial charge is 0.254 e. The van der Waals surface area contributed by atoms with Crippen LogP contribution in [-0.2, 0) is 11.3 Å². The highest BCUT2D eigenvalue weighted by Crippen LogP contribution is 2.10. The SMILES string of the molecule is CC(C)(NC(=O)c1ccc(CNC(=O)c2cnn(-c3ccccc3)c2)cc1)C(N)=O. The Hall–Kier alpha value is -3.94. The fraction of sp³-hybridized carbons (Fsp3) is 0.182. The molecule has 0 spiro atoms. The van der Waals surface area contributed by atoms with Crippen molar-refractivity contribution in [2.75, 3.05) is 0 Å². The van der Waals surface area contributed by atoms with Crippen molar-refractivity contribution in [3.05, 3.63) is 83.7 Å². The number of hydrogen-bond donors (Lipinski definition) is 3. The van der Waals surface area contributed by atoms with Gasteiger partial charge in [-0.3, -0.25) is 14.4 Å². The van der Waals surface area contributed by atoms with Crippen LogP contribution in [-0.4, -0.2) is 33.0 Å². The Labute approximate surface area is 174 Å². The standard InChI is InChI=1S/C22H23N5O3/c1-22(2,21(23)30)26-20(29)16-10-8-15(9-11-16)12-24-19(28)17-13-25-27(14-17)18-6-4-3-5-7-18/h3-11,13-14H,12H2,1-2H3,(H2,23,30)(H,24,28)(H,26,29). The molecule has 0 unspecified atom stereocenters. The molecule has 30 heavy (non-hydrogen) atoms. The molecule has 0 bridgehead atoms. The third-order valence-electron chi connectivity index (χ3n) is 4.58. The molecule has 0 aliphatic carbocycles. The van der Waals surface area contributed by atoms with Gasteiger partial charge >= 0.3 is 0 Å². The van der Waals surface area contributed by atoms with Crippen molar-refractivity contribution in [1.82, 2.24) is 20.4 Å². The lowest BCUT2D eigenvalue weighted by molar-refractivity contribution is -0.122. The zero-order valence-electron chi connectivity index (χ0n) is 16.8. The molecule has 0 fully saturated rings. The summed E-state index contributed by atoms with van der Waals surface area (Å²) < 4.78 is 1.63. The topological polar surface area (TPSA) is 119 Å². The zero-order chi connectivity index (χ0) is 21.7. The largest absolute Gasteiger partial charge is 0.368 e. The second kappa shape index (κ2) is 8.60. The van der Waals surface area contributed by atoms with E-state index >= 15 is 0 Å². The summed E-state index contributed by atoms with van der Waals surface area (Å²) in [6.45, 7) is 3.37. The first-order valence-electron chi connectivity index (χ1n) is 9.36. The Kier molecular flexibility index (Phi) is 5.96. The molecule has 3 rings (SSSR count). The van der Waals surface area contributed by atoms with Crippen LogP contribution in [0.1, 0.15) is 40.1 Å². The molecular formula is C22H23N5O3. The van der Waals surface area contributed by atoms with Crippen molar-refractivity contribution >= 4 is 17.7 Å². The maximum atomic E-state index is 12.4. The van der Waals surface area contributed by atoms with E-state index in [0.717, 1.165) is 11.3 Å². The quantitative estimate of drug-likeness (QED) is 0.555. The van der Waals surface area contributed by atoms with E-state index in [9.17, 15) is 14.4 Å². The van der Waals surface area contributed by atoms with Gasteiger partial charge in [0.05, 0.1) is 17.4 Å². The summed E-state index contributed by atoms with van der Waals surface area (Å²) in [7, 11) is 0. The second-order valence-electron chi connectivity index (χ2n) is 7.33. The van der Waals surface area contributed by atoms with E-state index in [0.29, 0.717) is 17.7 Å². The normalized spacial score (nSPS) is 11.0. The van der Waals surface area contributed by atoms with Crippen LogP contribution in [0.4, 0.5) is 0 Å². The first-order valence-corrected chi connectivity index (χ1v) is 9.36. The maximum absolute atomic E-state index is 12.4. The summed E-state index contributed by atoms with van der Waals surface area (Å²) in [5.74, 6) is -1.27. The average Bonchev–Trinajstić information content (AvgIpc) is 3.23. The lowest BCUT2D eigenvalue weighted by Crippen LogP contribution is -2.53. The first kappa shape index (κ1) is 20.8. The summed E-state index contributed by atoms with van der Waals surface area (Å²) in [5, 5.41) is 9.63. The summed E-state index contributed by atoms with van der Waals surface area (Å²) in [6.07, 6.45) is 3.18. The van der Waals surface area contributed by atoms with Crippen LogP contribution in [0.5, 0.6) is 0 Å². The van der Waals surface area contributed by atoms with E-state index in [4.69, 9.17) is 5.73 Å². The molecule has 0 saturated heterocycles. The maximum Gasteiger partial charge on any atom is 0.254 e. The predicted octanol–water partition coefficient (Wildman–Crippen LogP) is 1.80. The van der Waals surface area contributed by atoms with Crippen LogP contribution in [0.15, 0.2) is 67.0 Å². The summed E-state index contributed by atoms with van der Waals surface area (Å²) in [4.78, 5) is 36.0. The van der Waals surface area contributed by atoms with Gasteiger partial charge in [0.1, 0.15) is 5.54 Å². The zero-order valence-corrected chi connectivity index (χ0v) is 16.8. The van der Waals surface area contributed by atoms with Gasteiger partial charge in [0.2, 0.25) is 5.91 Å².